The second-order valence-electron chi connectivity index (χ2n) is 6.00. The summed E-state index contributed by atoms with van der Waals surface area (Å²) < 4.78 is 7.39. The van der Waals surface area contributed by atoms with Crippen molar-refractivity contribution < 1.29 is 4.74 Å². The fraction of sp³-hybridized carbons (Fsp3) is 0.300. The van der Waals surface area contributed by atoms with E-state index in [1.807, 2.05) is 24.3 Å². The lowest BCUT2D eigenvalue weighted by atomic mass is 10.1. The highest BCUT2D eigenvalue weighted by molar-refractivity contribution is 7.98. The molecule has 0 amide bonds. The quantitative estimate of drug-likeness (QED) is 0.592. The van der Waals surface area contributed by atoms with E-state index in [2.05, 4.69) is 53.7 Å². The van der Waals surface area contributed by atoms with E-state index >= 15 is 0 Å². The molecular weight excluding hydrogens is 330 g/mol. The molecule has 0 N–H and O–H groups in total. The normalized spacial score (nSPS) is 10.9. The molecule has 0 aliphatic rings. The average Bonchev–Trinajstić information content (AvgIpc) is 3.05. The number of ether oxygens (including phenoxy) is 1. The molecule has 130 valence electrons. The lowest BCUT2D eigenvalue weighted by molar-refractivity contribution is 0.415. The van der Waals surface area contributed by atoms with Crippen molar-refractivity contribution in [2.75, 3.05) is 7.11 Å². The third-order valence-electron chi connectivity index (χ3n) is 4.24. The second kappa shape index (κ2) is 7.74. The van der Waals surface area contributed by atoms with Gasteiger partial charge >= 0.3 is 0 Å². The van der Waals surface area contributed by atoms with Crippen LogP contribution in [0.2, 0.25) is 0 Å². The summed E-state index contributed by atoms with van der Waals surface area (Å²) in [5.41, 5.74) is 5.00. The van der Waals surface area contributed by atoms with Gasteiger partial charge in [-0.1, -0.05) is 35.5 Å². The molecule has 0 bridgehead atoms. The van der Waals surface area contributed by atoms with Crippen LogP contribution in [0.3, 0.4) is 0 Å². The number of nitrogens with zero attached hydrogens (tertiary/aromatic N) is 3. The summed E-state index contributed by atoms with van der Waals surface area (Å²) in [5.74, 6) is 2.64. The van der Waals surface area contributed by atoms with Gasteiger partial charge in [0, 0.05) is 17.9 Å². The molecule has 1 heterocycles. The number of aryl methyl sites for hydroxylation is 2. The zero-order chi connectivity index (χ0) is 17.8. The fourth-order valence-electron chi connectivity index (χ4n) is 2.73. The van der Waals surface area contributed by atoms with Gasteiger partial charge < -0.3 is 9.30 Å². The van der Waals surface area contributed by atoms with Crippen molar-refractivity contribution in [3.8, 4) is 17.1 Å². The summed E-state index contributed by atoms with van der Waals surface area (Å²) in [6, 6.07) is 14.5. The van der Waals surface area contributed by atoms with Crippen molar-refractivity contribution >= 4 is 11.8 Å². The van der Waals surface area contributed by atoms with Crippen LogP contribution in [0, 0.1) is 13.8 Å². The Bertz CT molecular complexity index is 856. The Morgan fingerprint density at radius 2 is 1.80 bits per heavy atom. The molecule has 0 radical (unpaired) electrons. The van der Waals surface area contributed by atoms with Crippen LogP contribution in [0.15, 0.2) is 47.6 Å². The van der Waals surface area contributed by atoms with E-state index in [0.29, 0.717) is 0 Å². The number of hydrogen-bond acceptors (Lipinski definition) is 4. The predicted octanol–water partition coefficient (Wildman–Crippen LogP) is 4.88. The number of hydrogen-bond donors (Lipinski definition) is 0. The fourth-order valence-corrected chi connectivity index (χ4v) is 3.80. The van der Waals surface area contributed by atoms with Crippen molar-refractivity contribution in [3.05, 3.63) is 59.2 Å². The first-order valence-corrected chi connectivity index (χ1v) is 9.37. The summed E-state index contributed by atoms with van der Waals surface area (Å²) in [7, 11) is 1.67. The smallest absolute Gasteiger partial charge is 0.191 e. The monoisotopic (exact) mass is 353 g/mol. The highest BCUT2D eigenvalue weighted by Crippen LogP contribution is 2.28. The van der Waals surface area contributed by atoms with Crippen molar-refractivity contribution in [2.24, 2.45) is 0 Å². The first-order valence-electron chi connectivity index (χ1n) is 8.39. The number of aromatic nitrogens is 3. The van der Waals surface area contributed by atoms with Gasteiger partial charge in [0.15, 0.2) is 11.0 Å². The Morgan fingerprint density at radius 3 is 2.48 bits per heavy atom. The SMILES string of the molecule is CCn1c(SCc2cc(C)ccc2C)nnc1-c1ccc(OC)cc1. The third kappa shape index (κ3) is 3.87. The Balaban J connectivity index is 1.83. The van der Waals surface area contributed by atoms with E-state index in [0.717, 1.165) is 34.6 Å². The molecule has 0 spiro atoms. The van der Waals surface area contributed by atoms with Crippen LogP contribution < -0.4 is 4.74 Å². The lowest BCUT2D eigenvalue weighted by Crippen LogP contribution is -2.00. The summed E-state index contributed by atoms with van der Waals surface area (Å²) in [5, 5.41) is 9.79. The Kier molecular flexibility index (Phi) is 5.43. The molecule has 5 heteroatoms. The van der Waals surface area contributed by atoms with Gasteiger partial charge in [0.2, 0.25) is 0 Å². The first kappa shape index (κ1) is 17.5. The van der Waals surface area contributed by atoms with Crippen molar-refractivity contribution in [2.45, 2.75) is 38.2 Å². The molecule has 0 unspecified atom stereocenters. The zero-order valence-corrected chi connectivity index (χ0v) is 15.9. The summed E-state index contributed by atoms with van der Waals surface area (Å²) in [4.78, 5) is 0. The van der Waals surface area contributed by atoms with Gasteiger partial charge in [0.25, 0.3) is 0 Å². The third-order valence-corrected chi connectivity index (χ3v) is 5.26. The first-order chi connectivity index (χ1) is 12.1. The van der Waals surface area contributed by atoms with Crippen molar-refractivity contribution in [1.82, 2.24) is 14.8 Å². The van der Waals surface area contributed by atoms with E-state index in [1.165, 1.54) is 16.7 Å². The Morgan fingerprint density at radius 1 is 1.04 bits per heavy atom. The maximum absolute atomic E-state index is 5.23. The molecule has 0 saturated carbocycles. The molecule has 0 atom stereocenters. The Labute approximate surface area is 153 Å². The molecule has 3 aromatic rings. The topological polar surface area (TPSA) is 39.9 Å². The molecule has 0 fully saturated rings. The van der Waals surface area contributed by atoms with Gasteiger partial charge in [-0.25, -0.2) is 0 Å². The molecule has 0 aliphatic carbocycles. The van der Waals surface area contributed by atoms with Crippen LogP contribution in [-0.2, 0) is 12.3 Å². The summed E-state index contributed by atoms with van der Waals surface area (Å²) in [6.45, 7) is 7.24. The molecule has 3 rings (SSSR count). The average molecular weight is 353 g/mol. The van der Waals surface area contributed by atoms with E-state index in [-0.39, 0.29) is 0 Å². The van der Waals surface area contributed by atoms with E-state index in [1.54, 1.807) is 18.9 Å². The van der Waals surface area contributed by atoms with E-state index in [4.69, 9.17) is 4.74 Å². The minimum atomic E-state index is 0.837. The van der Waals surface area contributed by atoms with E-state index < -0.39 is 0 Å². The van der Waals surface area contributed by atoms with Gasteiger partial charge in [0.1, 0.15) is 5.75 Å². The minimum absolute atomic E-state index is 0.837. The highest BCUT2D eigenvalue weighted by atomic mass is 32.2. The zero-order valence-electron chi connectivity index (χ0n) is 15.1. The van der Waals surface area contributed by atoms with Crippen LogP contribution in [0.1, 0.15) is 23.6 Å². The maximum atomic E-state index is 5.23. The molecule has 0 aliphatic heterocycles. The maximum Gasteiger partial charge on any atom is 0.191 e. The lowest BCUT2D eigenvalue weighted by Gasteiger charge is -2.09. The van der Waals surface area contributed by atoms with Gasteiger partial charge in [0.05, 0.1) is 7.11 Å². The minimum Gasteiger partial charge on any atom is -0.497 e. The van der Waals surface area contributed by atoms with Gasteiger partial charge in [-0.05, 0) is 56.2 Å². The predicted molar refractivity (Wildman–Crippen MR) is 103 cm³/mol. The summed E-state index contributed by atoms with van der Waals surface area (Å²) in [6.07, 6.45) is 0. The van der Waals surface area contributed by atoms with Crippen LogP contribution in [0.4, 0.5) is 0 Å². The van der Waals surface area contributed by atoms with Crippen LogP contribution in [0.5, 0.6) is 5.75 Å². The standard InChI is InChI=1S/C20H23N3OS/c1-5-23-19(16-8-10-18(24-4)11-9-16)21-22-20(23)25-13-17-12-14(2)6-7-15(17)3/h6-12H,5,13H2,1-4H3. The van der Waals surface area contributed by atoms with Gasteiger partial charge in [-0.15, -0.1) is 10.2 Å². The van der Waals surface area contributed by atoms with Crippen molar-refractivity contribution in [3.63, 3.8) is 0 Å². The molecule has 0 saturated heterocycles. The van der Waals surface area contributed by atoms with Crippen molar-refractivity contribution in [1.29, 1.82) is 0 Å². The second-order valence-corrected chi connectivity index (χ2v) is 6.94. The highest BCUT2D eigenvalue weighted by Gasteiger charge is 2.13. The summed E-state index contributed by atoms with van der Waals surface area (Å²) >= 11 is 1.74. The van der Waals surface area contributed by atoms with Gasteiger partial charge in [-0.2, -0.15) is 0 Å². The number of rotatable bonds is 6. The van der Waals surface area contributed by atoms with Gasteiger partial charge in [-0.3, -0.25) is 0 Å². The molecule has 25 heavy (non-hydrogen) atoms. The number of methoxy groups -OCH3 is 1. The number of benzene rings is 2. The van der Waals surface area contributed by atoms with E-state index in [9.17, 15) is 0 Å². The molecular formula is C20H23N3OS. The largest absolute Gasteiger partial charge is 0.497 e. The Hall–Kier alpha value is -2.27. The van der Waals surface area contributed by atoms with Crippen LogP contribution in [-0.4, -0.2) is 21.9 Å². The molecule has 2 aromatic carbocycles. The number of thioether (sulfide) groups is 1. The van der Waals surface area contributed by atoms with Crippen LogP contribution >= 0.6 is 11.8 Å². The van der Waals surface area contributed by atoms with Crippen LogP contribution in [0.25, 0.3) is 11.4 Å². The molecule has 1 aromatic heterocycles. The molecule has 4 nitrogen and oxygen atoms in total.